The Morgan fingerprint density at radius 3 is 2.57 bits per heavy atom. The number of thioether (sulfide) groups is 1. The van der Waals surface area contributed by atoms with Crippen molar-refractivity contribution in [3.05, 3.63) is 23.8 Å². The van der Waals surface area contributed by atoms with Crippen LogP contribution in [0.3, 0.4) is 0 Å². The van der Waals surface area contributed by atoms with Crippen molar-refractivity contribution in [3.8, 4) is 5.75 Å². The zero-order valence-electron chi connectivity index (χ0n) is 11.7. The molecule has 7 heteroatoms. The molecule has 6 nitrogen and oxygen atoms in total. The van der Waals surface area contributed by atoms with Crippen LogP contribution in [-0.2, 0) is 0 Å². The van der Waals surface area contributed by atoms with Crippen LogP contribution in [-0.4, -0.2) is 39.8 Å². The average molecular weight is 310 g/mol. The first-order valence-corrected chi connectivity index (χ1v) is 7.84. The molecule has 0 aromatic heterocycles. The Kier molecular flexibility index (Phi) is 4.62. The van der Waals surface area contributed by atoms with Crippen LogP contribution >= 0.6 is 11.8 Å². The molecule has 2 rings (SSSR count). The van der Waals surface area contributed by atoms with Crippen LogP contribution in [0.2, 0.25) is 0 Å². The summed E-state index contributed by atoms with van der Waals surface area (Å²) >= 11 is 1.77. The van der Waals surface area contributed by atoms with Crippen molar-refractivity contribution in [2.24, 2.45) is 0 Å². The molecule has 1 fully saturated rings. The summed E-state index contributed by atoms with van der Waals surface area (Å²) in [4.78, 5) is 22.6. The monoisotopic (exact) mass is 310 g/mol. The molecule has 0 saturated heterocycles. The minimum absolute atomic E-state index is 0.145. The number of aromatic carboxylic acids is 1. The van der Waals surface area contributed by atoms with Crippen LogP contribution in [0.1, 0.15) is 29.6 Å². The standard InChI is InChI=1S/C14H18N2O4S/c1-21-14(5-2-6-14)8-15-13(20)16-9-3-4-10(12(18)19)11(17)7-9/h3-4,7,17H,2,5-6,8H2,1H3,(H,18,19)(H2,15,16,20). The maximum Gasteiger partial charge on any atom is 0.339 e. The minimum Gasteiger partial charge on any atom is -0.507 e. The van der Waals surface area contributed by atoms with Gasteiger partial charge in [-0.05, 0) is 31.2 Å². The Labute approximate surface area is 126 Å². The molecule has 0 aliphatic heterocycles. The molecule has 0 heterocycles. The summed E-state index contributed by atoms with van der Waals surface area (Å²) in [5.74, 6) is -1.59. The Hall–Kier alpha value is -1.89. The Morgan fingerprint density at radius 2 is 2.10 bits per heavy atom. The van der Waals surface area contributed by atoms with Gasteiger partial charge in [-0.3, -0.25) is 0 Å². The molecular weight excluding hydrogens is 292 g/mol. The highest BCUT2D eigenvalue weighted by Gasteiger charge is 2.36. The van der Waals surface area contributed by atoms with Crippen molar-refractivity contribution in [1.29, 1.82) is 0 Å². The summed E-state index contributed by atoms with van der Waals surface area (Å²) in [5, 5.41) is 23.8. The van der Waals surface area contributed by atoms with Gasteiger partial charge in [0.1, 0.15) is 11.3 Å². The molecule has 0 unspecified atom stereocenters. The first kappa shape index (κ1) is 15.5. The van der Waals surface area contributed by atoms with Gasteiger partial charge >= 0.3 is 12.0 Å². The van der Waals surface area contributed by atoms with Crippen molar-refractivity contribution in [2.75, 3.05) is 18.1 Å². The van der Waals surface area contributed by atoms with Crippen LogP contribution in [0.25, 0.3) is 0 Å². The number of carbonyl (C=O) groups is 2. The van der Waals surface area contributed by atoms with Gasteiger partial charge in [-0.15, -0.1) is 0 Å². The van der Waals surface area contributed by atoms with Gasteiger partial charge in [-0.25, -0.2) is 9.59 Å². The lowest BCUT2D eigenvalue weighted by Crippen LogP contribution is -2.46. The highest BCUT2D eigenvalue weighted by molar-refractivity contribution is 8.00. The number of hydrogen-bond donors (Lipinski definition) is 4. The summed E-state index contributed by atoms with van der Waals surface area (Å²) in [6.07, 6.45) is 5.43. The van der Waals surface area contributed by atoms with Gasteiger partial charge in [0.25, 0.3) is 0 Å². The van der Waals surface area contributed by atoms with Crippen LogP contribution in [0.5, 0.6) is 5.75 Å². The van der Waals surface area contributed by atoms with E-state index in [1.165, 1.54) is 24.6 Å². The number of carboxylic acids is 1. The van der Waals surface area contributed by atoms with Gasteiger partial charge in [0.2, 0.25) is 0 Å². The molecule has 2 amide bonds. The molecule has 0 radical (unpaired) electrons. The van der Waals surface area contributed by atoms with Crippen LogP contribution in [0.15, 0.2) is 18.2 Å². The largest absolute Gasteiger partial charge is 0.507 e. The maximum absolute atomic E-state index is 11.8. The third-order valence-electron chi connectivity index (χ3n) is 3.75. The lowest BCUT2D eigenvalue weighted by molar-refractivity contribution is 0.0694. The molecular formula is C14H18N2O4S. The first-order chi connectivity index (χ1) is 9.96. The van der Waals surface area contributed by atoms with E-state index < -0.39 is 5.97 Å². The Bertz CT molecular complexity index is 552. The first-order valence-electron chi connectivity index (χ1n) is 6.62. The summed E-state index contributed by atoms with van der Waals surface area (Å²) < 4.78 is 0.145. The van der Waals surface area contributed by atoms with E-state index in [0.717, 1.165) is 12.8 Å². The van der Waals surface area contributed by atoms with E-state index in [-0.39, 0.29) is 22.1 Å². The molecule has 1 aliphatic carbocycles. The zero-order valence-corrected chi connectivity index (χ0v) is 12.5. The normalized spacial score (nSPS) is 15.9. The molecule has 0 atom stereocenters. The second kappa shape index (κ2) is 6.26. The number of aromatic hydroxyl groups is 1. The second-order valence-corrected chi connectivity index (χ2v) is 6.36. The molecule has 114 valence electrons. The van der Waals surface area contributed by atoms with Crippen molar-refractivity contribution >= 4 is 29.4 Å². The second-order valence-electron chi connectivity index (χ2n) is 5.09. The third kappa shape index (κ3) is 3.60. The number of rotatable bonds is 5. The third-order valence-corrected chi connectivity index (χ3v) is 5.17. The van der Waals surface area contributed by atoms with Crippen LogP contribution in [0, 0.1) is 0 Å². The van der Waals surface area contributed by atoms with Gasteiger partial charge in [0, 0.05) is 23.0 Å². The van der Waals surface area contributed by atoms with E-state index in [4.69, 9.17) is 5.11 Å². The quantitative estimate of drug-likeness (QED) is 0.670. The minimum atomic E-state index is -1.21. The van der Waals surface area contributed by atoms with Gasteiger partial charge < -0.3 is 20.8 Å². The van der Waals surface area contributed by atoms with Crippen LogP contribution in [0.4, 0.5) is 10.5 Å². The number of hydrogen-bond acceptors (Lipinski definition) is 4. The van der Waals surface area contributed by atoms with Crippen molar-refractivity contribution in [1.82, 2.24) is 5.32 Å². The summed E-state index contributed by atoms with van der Waals surface area (Å²) in [5.41, 5.74) is 0.151. The fraction of sp³-hybridized carbons (Fsp3) is 0.429. The van der Waals surface area contributed by atoms with Crippen molar-refractivity contribution in [3.63, 3.8) is 0 Å². The predicted octanol–water partition coefficient (Wildman–Crippen LogP) is 2.50. The fourth-order valence-corrected chi connectivity index (χ4v) is 3.14. The van der Waals surface area contributed by atoms with E-state index in [1.807, 2.05) is 6.26 Å². The average Bonchev–Trinajstić information content (AvgIpc) is 2.37. The van der Waals surface area contributed by atoms with E-state index in [9.17, 15) is 14.7 Å². The summed E-state index contributed by atoms with van der Waals surface area (Å²) in [6.45, 7) is 0.596. The number of anilines is 1. The number of urea groups is 1. The Morgan fingerprint density at radius 1 is 1.38 bits per heavy atom. The highest BCUT2D eigenvalue weighted by atomic mass is 32.2. The van der Waals surface area contributed by atoms with E-state index in [1.54, 1.807) is 11.8 Å². The molecule has 21 heavy (non-hydrogen) atoms. The summed E-state index contributed by atoms with van der Waals surface area (Å²) in [6, 6.07) is 3.55. The van der Waals surface area contributed by atoms with Crippen molar-refractivity contribution < 1.29 is 19.8 Å². The van der Waals surface area contributed by atoms with Gasteiger partial charge in [-0.2, -0.15) is 11.8 Å². The fourth-order valence-electron chi connectivity index (χ4n) is 2.23. The van der Waals surface area contributed by atoms with Gasteiger partial charge in [-0.1, -0.05) is 6.42 Å². The lowest BCUT2D eigenvalue weighted by Gasteiger charge is -2.40. The SMILES string of the molecule is CSC1(CNC(=O)Nc2ccc(C(=O)O)c(O)c2)CCC1. The van der Waals surface area contributed by atoms with Gasteiger partial charge in [0.15, 0.2) is 0 Å². The zero-order chi connectivity index (χ0) is 15.5. The molecule has 1 saturated carbocycles. The number of carboxylic acid groups (broad SMARTS) is 1. The lowest BCUT2D eigenvalue weighted by atomic mass is 9.84. The highest BCUT2D eigenvalue weighted by Crippen LogP contribution is 2.42. The van der Waals surface area contributed by atoms with Crippen molar-refractivity contribution in [2.45, 2.75) is 24.0 Å². The van der Waals surface area contributed by atoms with Crippen LogP contribution < -0.4 is 10.6 Å². The molecule has 1 aromatic carbocycles. The molecule has 0 spiro atoms. The number of carbonyl (C=O) groups excluding carboxylic acids is 1. The topological polar surface area (TPSA) is 98.7 Å². The van der Waals surface area contributed by atoms with E-state index >= 15 is 0 Å². The smallest absolute Gasteiger partial charge is 0.339 e. The number of nitrogens with one attached hydrogen (secondary N) is 2. The summed E-state index contributed by atoms with van der Waals surface area (Å²) in [7, 11) is 0. The Balaban J connectivity index is 1.91. The molecule has 4 N–H and O–H groups in total. The number of phenols is 1. The maximum atomic E-state index is 11.8. The number of amides is 2. The van der Waals surface area contributed by atoms with E-state index in [0.29, 0.717) is 12.2 Å². The molecule has 1 aromatic rings. The van der Waals surface area contributed by atoms with E-state index in [2.05, 4.69) is 10.6 Å². The van der Waals surface area contributed by atoms with Gasteiger partial charge in [0.05, 0.1) is 0 Å². The predicted molar refractivity (Wildman–Crippen MR) is 82.2 cm³/mol. The molecule has 0 bridgehead atoms. The molecule has 1 aliphatic rings. The number of benzene rings is 1.